The van der Waals surface area contributed by atoms with Crippen molar-refractivity contribution in [2.75, 3.05) is 12.4 Å². The van der Waals surface area contributed by atoms with Gasteiger partial charge in [-0.3, -0.25) is 4.79 Å². The molecule has 0 saturated heterocycles. The van der Waals surface area contributed by atoms with E-state index in [1.165, 1.54) is 0 Å². The van der Waals surface area contributed by atoms with Crippen molar-refractivity contribution >= 4 is 38.3 Å². The second-order valence-electron chi connectivity index (χ2n) is 6.75. The number of hydrogen-bond acceptors (Lipinski definition) is 3. The Morgan fingerprint density at radius 3 is 2.47 bits per heavy atom. The summed E-state index contributed by atoms with van der Waals surface area (Å²) in [6.45, 7) is 0.288. The standard InChI is InChI=1S/C25H20BrNO3/c1-29-23-14-9-18(25(28)27-21-12-10-20(26)11-13-21)15-19(23)16-30-24-8-4-6-17-5-2-3-7-22(17)24/h2-15H,16H2,1H3,(H,27,28). The lowest BCUT2D eigenvalue weighted by Gasteiger charge is -2.13. The van der Waals surface area contributed by atoms with E-state index in [9.17, 15) is 4.79 Å². The average molecular weight is 462 g/mol. The summed E-state index contributed by atoms with van der Waals surface area (Å²) in [6.07, 6.45) is 0. The van der Waals surface area contributed by atoms with Crippen LogP contribution in [0.5, 0.6) is 11.5 Å². The van der Waals surface area contributed by atoms with Crippen LogP contribution >= 0.6 is 15.9 Å². The summed E-state index contributed by atoms with van der Waals surface area (Å²) in [4.78, 5) is 12.7. The average Bonchev–Trinajstić information content (AvgIpc) is 2.79. The van der Waals surface area contributed by atoms with E-state index in [1.807, 2.05) is 54.6 Å². The maximum absolute atomic E-state index is 12.7. The highest BCUT2D eigenvalue weighted by Gasteiger charge is 2.12. The number of fused-ring (bicyclic) bond motifs is 1. The van der Waals surface area contributed by atoms with E-state index in [0.29, 0.717) is 11.3 Å². The van der Waals surface area contributed by atoms with Gasteiger partial charge in [0.15, 0.2) is 0 Å². The second-order valence-corrected chi connectivity index (χ2v) is 7.67. The van der Waals surface area contributed by atoms with E-state index in [4.69, 9.17) is 9.47 Å². The van der Waals surface area contributed by atoms with Crippen molar-refractivity contribution in [1.82, 2.24) is 0 Å². The quantitative estimate of drug-likeness (QED) is 0.359. The largest absolute Gasteiger partial charge is 0.496 e. The molecule has 0 aliphatic rings. The molecule has 0 aliphatic carbocycles. The smallest absolute Gasteiger partial charge is 0.255 e. The Labute approximate surface area is 183 Å². The van der Waals surface area contributed by atoms with Gasteiger partial charge in [-0.25, -0.2) is 0 Å². The first-order valence-corrected chi connectivity index (χ1v) is 10.3. The summed E-state index contributed by atoms with van der Waals surface area (Å²) in [5, 5.41) is 5.07. The molecule has 0 atom stereocenters. The minimum absolute atomic E-state index is 0.189. The molecule has 1 N–H and O–H groups in total. The summed E-state index contributed by atoms with van der Waals surface area (Å²) in [5.41, 5.74) is 2.07. The van der Waals surface area contributed by atoms with Gasteiger partial charge in [0.1, 0.15) is 18.1 Å². The van der Waals surface area contributed by atoms with Crippen molar-refractivity contribution in [2.24, 2.45) is 0 Å². The Morgan fingerprint density at radius 1 is 0.900 bits per heavy atom. The van der Waals surface area contributed by atoms with Crippen molar-refractivity contribution in [2.45, 2.75) is 6.61 Å². The number of nitrogens with one attached hydrogen (secondary N) is 1. The highest BCUT2D eigenvalue weighted by molar-refractivity contribution is 9.10. The minimum atomic E-state index is -0.189. The predicted molar refractivity (Wildman–Crippen MR) is 123 cm³/mol. The first kappa shape index (κ1) is 20.0. The van der Waals surface area contributed by atoms with Crippen molar-refractivity contribution in [3.05, 3.63) is 101 Å². The third-order valence-electron chi connectivity index (χ3n) is 4.78. The third kappa shape index (κ3) is 4.47. The van der Waals surface area contributed by atoms with E-state index >= 15 is 0 Å². The van der Waals surface area contributed by atoms with E-state index in [2.05, 4.69) is 33.4 Å². The zero-order valence-corrected chi connectivity index (χ0v) is 18.0. The van der Waals surface area contributed by atoms with Gasteiger partial charge in [0.2, 0.25) is 0 Å². The molecule has 0 unspecified atom stereocenters. The van der Waals surface area contributed by atoms with Gasteiger partial charge in [-0.05, 0) is 53.9 Å². The second kappa shape index (κ2) is 9.01. The van der Waals surface area contributed by atoms with Crippen molar-refractivity contribution in [3.63, 3.8) is 0 Å². The van der Waals surface area contributed by atoms with Gasteiger partial charge in [0.25, 0.3) is 5.91 Å². The van der Waals surface area contributed by atoms with Crippen LogP contribution in [0.25, 0.3) is 10.8 Å². The van der Waals surface area contributed by atoms with Crippen LogP contribution in [-0.2, 0) is 6.61 Å². The molecule has 0 heterocycles. The molecule has 0 saturated carbocycles. The number of anilines is 1. The maximum Gasteiger partial charge on any atom is 0.255 e. The van der Waals surface area contributed by atoms with E-state index in [0.717, 1.165) is 32.2 Å². The molecule has 4 aromatic carbocycles. The molecule has 4 rings (SSSR count). The van der Waals surface area contributed by atoms with Gasteiger partial charge in [-0.15, -0.1) is 0 Å². The lowest BCUT2D eigenvalue weighted by Crippen LogP contribution is -2.12. The number of halogens is 1. The van der Waals surface area contributed by atoms with E-state index in [1.54, 1.807) is 25.3 Å². The first-order valence-electron chi connectivity index (χ1n) is 9.48. The first-order chi connectivity index (χ1) is 14.6. The number of hydrogen-bond donors (Lipinski definition) is 1. The normalized spacial score (nSPS) is 10.6. The fraction of sp³-hybridized carbons (Fsp3) is 0.0800. The highest BCUT2D eigenvalue weighted by Crippen LogP contribution is 2.28. The van der Waals surface area contributed by atoms with Gasteiger partial charge >= 0.3 is 0 Å². The molecule has 1 amide bonds. The number of carbonyl (C=O) groups excluding carboxylic acids is 1. The zero-order valence-electron chi connectivity index (χ0n) is 16.4. The number of carbonyl (C=O) groups is 1. The number of benzene rings is 4. The molecule has 0 bridgehead atoms. The van der Waals surface area contributed by atoms with Gasteiger partial charge in [0, 0.05) is 26.7 Å². The Bertz CT molecular complexity index is 1180. The molecule has 4 aromatic rings. The SMILES string of the molecule is COc1ccc(C(=O)Nc2ccc(Br)cc2)cc1COc1cccc2ccccc12. The van der Waals surface area contributed by atoms with Crippen molar-refractivity contribution < 1.29 is 14.3 Å². The highest BCUT2D eigenvalue weighted by atomic mass is 79.9. The summed E-state index contributed by atoms with van der Waals surface area (Å²) < 4.78 is 12.5. The van der Waals surface area contributed by atoms with Crippen LogP contribution in [0, 0.1) is 0 Å². The Kier molecular flexibility index (Phi) is 6.00. The summed E-state index contributed by atoms with van der Waals surface area (Å²) >= 11 is 3.39. The topological polar surface area (TPSA) is 47.6 Å². The van der Waals surface area contributed by atoms with E-state index < -0.39 is 0 Å². The maximum atomic E-state index is 12.7. The molecular formula is C25H20BrNO3. The molecule has 0 radical (unpaired) electrons. The Hall–Kier alpha value is -3.31. The van der Waals surface area contributed by atoms with Gasteiger partial charge in [-0.1, -0.05) is 52.3 Å². The molecule has 0 fully saturated rings. The fourth-order valence-corrected chi connectivity index (χ4v) is 3.51. The summed E-state index contributed by atoms with van der Waals surface area (Å²) in [5.74, 6) is 1.28. The van der Waals surface area contributed by atoms with Crippen LogP contribution in [0.15, 0.2) is 89.4 Å². The Balaban J connectivity index is 1.55. The Morgan fingerprint density at radius 2 is 1.67 bits per heavy atom. The summed E-state index contributed by atoms with van der Waals surface area (Å²) in [6, 6.07) is 26.8. The van der Waals surface area contributed by atoms with Gasteiger partial charge in [0.05, 0.1) is 7.11 Å². The molecule has 0 spiro atoms. The lowest BCUT2D eigenvalue weighted by molar-refractivity contribution is 0.102. The van der Waals surface area contributed by atoms with Crippen molar-refractivity contribution in [3.8, 4) is 11.5 Å². The number of ether oxygens (including phenoxy) is 2. The van der Waals surface area contributed by atoms with Crippen LogP contribution in [-0.4, -0.2) is 13.0 Å². The third-order valence-corrected chi connectivity index (χ3v) is 5.31. The van der Waals surface area contributed by atoms with Gasteiger partial charge in [-0.2, -0.15) is 0 Å². The molecule has 30 heavy (non-hydrogen) atoms. The predicted octanol–water partition coefficient (Wildman–Crippen LogP) is 6.44. The number of amides is 1. The summed E-state index contributed by atoms with van der Waals surface area (Å²) in [7, 11) is 1.61. The lowest BCUT2D eigenvalue weighted by atomic mass is 10.1. The zero-order chi connectivity index (χ0) is 20.9. The van der Waals surface area contributed by atoms with E-state index in [-0.39, 0.29) is 12.5 Å². The number of rotatable bonds is 6. The fourth-order valence-electron chi connectivity index (χ4n) is 3.25. The van der Waals surface area contributed by atoms with Gasteiger partial charge < -0.3 is 14.8 Å². The van der Waals surface area contributed by atoms with Crippen LogP contribution in [0.4, 0.5) is 5.69 Å². The minimum Gasteiger partial charge on any atom is -0.496 e. The van der Waals surface area contributed by atoms with Crippen LogP contribution in [0.2, 0.25) is 0 Å². The van der Waals surface area contributed by atoms with Crippen LogP contribution in [0.3, 0.4) is 0 Å². The van der Waals surface area contributed by atoms with Crippen LogP contribution < -0.4 is 14.8 Å². The van der Waals surface area contributed by atoms with Crippen LogP contribution in [0.1, 0.15) is 15.9 Å². The molecule has 0 aliphatic heterocycles. The molecular weight excluding hydrogens is 442 g/mol. The number of methoxy groups -OCH3 is 1. The monoisotopic (exact) mass is 461 g/mol. The molecule has 0 aromatic heterocycles. The molecule has 4 nitrogen and oxygen atoms in total. The van der Waals surface area contributed by atoms with Crippen molar-refractivity contribution in [1.29, 1.82) is 0 Å². The molecule has 150 valence electrons. The molecule has 5 heteroatoms.